The first-order valence-electron chi connectivity index (χ1n) is 9.32. The Morgan fingerprint density at radius 2 is 2.03 bits per heavy atom. The molecule has 0 bridgehead atoms. The van der Waals surface area contributed by atoms with Gasteiger partial charge in [0.15, 0.2) is 0 Å². The predicted molar refractivity (Wildman–Crippen MR) is 122 cm³/mol. The van der Waals surface area contributed by atoms with Crippen molar-refractivity contribution in [1.82, 2.24) is 14.5 Å². The van der Waals surface area contributed by atoms with Gasteiger partial charge in [0.2, 0.25) is 0 Å². The van der Waals surface area contributed by atoms with Gasteiger partial charge in [-0.1, -0.05) is 23.7 Å². The predicted octanol–water partition coefficient (Wildman–Crippen LogP) is 3.69. The maximum absolute atomic E-state index is 14.5. The van der Waals surface area contributed by atoms with Crippen molar-refractivity contribution >= 4 is 44.2 Å². The number of halogens is 2. The van der Waals surface area contributed by atoms with Crippen molar-refractivity contribution in [2.45, 2.75) is 4.90 Å². The zero-order chi connectivity index (χ0) is 23.9. The van der Waals surface area contributed by atoms with Crippen LogP contribution in [0, 0.1) is 17.1 Å². The minimum absolute atomic E-state index is 0.0106. The highest BCUT2D eigenvalue weighted by Crippen LogP contribution is 2.37. The van der Waals surface area contributed by atoms with E-state index in [-0.39, 0.29) is 27.8 Å². The van der Waals surface area contributed by atoms with Crippen LogP contribution in [0.4, 0.5) is 15.9 Å². The number of nitrogens with two attached hydrogens (primary N) is 1. The van der Waals surface area contributed by atoms with Gasteiger partial charge in [0, 0.05) is 30.4 Å². The Balaban J connectivity index is 1.85. The Kier molecular flexibility index (Phi) is 5.57. The van der Waals surface area contributed by atoms with Crippen LogP contribution in [0.2, 0.25) is 5.02 Å². The molecule has 0 saturated carbocycles. The molecule has 33 heavy (non-hydrogen) atoms. The molecule has 0 spiro atoms. The summed E-state index contributed by atoms with van der Waals surface area (Å²) in [5, 5.41) is 10.3. The van der Waals surface area contributed by atoms with E-state index in [0.717, 1.165) is 12.1 Å². The molecule has 0 aliphatic carbocycles. The molecule has 3 N–H and O–H groups in total. The summed E-state index contributed by atoms with van der Waals surface area (Å²) >= 11 is 5.98. The van der Waals surface area contributed by atoms with E-state index in [1.807, 2.05) is 6.07 Å². The highest BCUT2D eigenvalue weighted by Gasteiger charge is 2.25. The molecule has 0 unspecified atom stereocenters. The topological polar surface area (TPSA) is 136 Å². The number of nitrogens with zero attached hydrogens (tertiary/aromatic N) is 4. The number of rotatable bonds is 5. The molecule has 2 aromatic carbocycles. The second kappa shape index (κ2) is 8.23. The molecule has 0 radical (unpaired) electrons. The van der Waals surface area contributed by atoms with Gasteiger partial charge in [-0.05, 0) is 12.1 Å². The fourth-order valence-corrected chi connectivity index (χ4v) is 4.96. The lowest BCUT2D eigenvalue weighted by molar-refractivity contribution is 0.410. The molecular formula is C21H16ClFN6O3S. The first-order chi connectivity index (χ1) is 15.7. The summed E-state index contributed by atoms with van der Waals surface area (Å²) in [5.74, 6) is -0.860. The molecule has 12 heteroatoms. The molecule has 4 rings (SSSR count). The summed E-state index contributed by atoms with van der Waals surface area (Å²) in [6.07, 6.45) is 3.04. The van der Waals surface area contributed by atoms with Crippen molar-refractivity contribution in [2.24, 2.45) is 7.05 Å². The molecule has 0 aliphatic heterocycles. The molecule has 0 amide bonds. The Bertz CT molecular complexity index is 1560. The fraction of sp³-hybridized carbons (Fsp3) is 0.0952. The summed E-state index contributed by atoms with van der Waals surface area (Å²) in [5.41, 5.74) is 7.50. The van der Waals surface area contributed by atoms with Gasteiger partial charge >= 0.3 is 0 Å². The minimum Gasteiger partial charge on any atom is -0.495 e. The summed E-state index contributed by atoms with van der Waals surface area (Å²) in [4.78, 5) is 7.53. The lowest BCUT2D eigenvalue weighted by Crippen LogP contribution is -2.16. The number of benzene rings is 2. The number of nitrogen functional groups attached to an aromatic ring is 1. The number of anilines is 2. The fourth-order valence-electron chi connectivity index (χ4n) is 3.49. The van der Waals surface area contributed by atoms with Crippen molar-refractivity contribution in [3.8, 4) is 22.9 Å². The maximum Gasteiger partial charge on any atom is 0.264 e. The van der Waals surface area contributed by atoms with Gasteiger partial charge in [-0.3, -0.25) is 4.72 Å². The molecule has 168 valence electrons. The van der Waals surface area contributed by atoms with E-state index >= 15 is 0 Å². The highest BCUT2D eigenvalue weighted by atomic mass is 35.5. The van der Waals surface area contributed by atoms with Crippen LogP contribution in [0.15, 0.2) is 47.8 Å². The number of fused-ring (bicyclic) bond motifs is 1. The standard InChI is InChI=1S/C21H16ClFN6O3S/c1-29-9-13(19-20(25)26-10-27-21(19)29)11-4-3-5-16(12(11)8-24)28-33(30,31)18-6-14(22)17(32-2)7-15(18)23/h3-7,9-10,28H,1-2H3,(H2,25,26,27). The van der Waals surface area contributed by atoms with Crippen molar-refractivity contribution in [2.75, 3.05) is 17.6 Å². The first-order valence-corrected chi connectivity index (χ1v) is 11.2. The monoisotopic (exact) mass is 486 g/mol. The normalized spacial score (nSPS) is 11.4. The van der Waals surface area contributed by atoms with Crippen LogP contribution in [0.3, 0.4) is 0 Å². The van der Waals surface area contributed by atoms with Crippen molar-refractivity contribution in [3.05, 3.63) is 59.3 Å². The highest BCUT2D eigenvalue weighted by molar-refractivity contribution is 7.92. The Morgan fingerprint density at radius 1 is 1.27 bits per heavy atom. The van der Waals surface area contributed by atoms with Crippen LogP contribution >= 0.6 is 11.6 Å². The average Bonchev–Trinajstić information content (AvgIpc) is 3.12. The quantitative estimate of drug-likeness (QED) is 0.439. The molecule has 0 saturated heterocycles. The van der Waals surface area contributed by atoms with Gasteiger partial charge in [-0.2, -0.15) is 5.26 Å². The second-order valence-corrected chi connectivity index (χ2v) is 9.03. The van der Waals surface area contributed by atoms with Gasteiger partial charge < -0.3 is 15.0 Å². The number of hydrogen-bond donors (Lipinski definition) is 2. The van der Waals surface area contributed by atoms with Crippen LogP contribution in [0.1, 0.15) is 5.56 Å². The minimum atomic E-state index is -4.44. The van der Waals surface area contributed by atoms with Gasteiger partial charge in [0.05, 0.1) is 28.8 Å². The van der Waals surface area contributed by atoms with Gasteiger partial charge in [-0.15, -0.1) is 0 Å². The van der Waals surface area contributed by atoms with Crippen molar-refractivity contribution in [3.63, 3.8) is 0 Å². The van der Waals surface area contributed by atoms with E-state index < -0.39 is 20.7 Å². The van der Waals surface area contributed by atoms with Gasteiger partial charge in [0.25, 0.3) is 10.0 Å². The number of ether oxygens (including phenoxy) is 1. The third-order valence-corrected chi connectivity index (χ3v) is 6.67. The molecule has 4 aromatic rings. The van der Waals surface area contributed by atoms with Crippen LogP contribution in [-0.2, 0) is 17.1 Å². The van der Waals surface area contributed by atoms with E-state index in [9.17, 15) is 18.1 Å². The molecule has 2 heterocycles. The van der Waals surface area contributed by atoms with Crippen molar-refractivity contribution in [1.29, 1.82) is 5.26 Å². The molecule has 0 fully saturated rings. The van der Waals surface area contributed by atoms with E-state index in [1.54, 1.807) is 29.9 Å². The smallest absolute Gasteiger partial charge is 0.264 e. The molecule has 2 aromatic heterocycles. The van der Waals surface area contributed by atoms with E-state index in [0.29, 0.717) is 22.2 Å². The van der Waals surface area contributed by atoms with Crippen LogP contribution in [0.25, 0.3) is 22.2 Å². The van der Waals surface area contributed by atoms with Crippen molar-refractivity contribution < 1.29 is 17.5 Å². The summed E-state index contributed by atoms with van der Waals surface area (Å²) in [6, 6.07) is 8.43. The molecule has 0 aliphatic rings. The number of methoxy groups -OCH3 is 1. The Hall–Kier alpha value is -3.88. The van der Waals surface area contributed by atoms with Gasteiger partial charge in [0.1, 0.15) is 40.3 Å². The number of nitrogens with one attached hydrogen (secondary N) is 1. The molecule has 9 nitrogen and oxygen atoms in total. The Morgan fingerprint density at radius 3 is 2.73 bits per heavy atom. The average molecular weight is 487 g/mol. The van der Waals surface area contributed by atoms with Crippen LogP contribution in [0.5, 0.6) is 5.75 Å². The maximum atomic E-state index is 14.5. The lowest BCUT2D eigenvalue weighted by Gasteiger charge is -2.14. The zero-order valence-electron chi connectivity index (χ0n) is 17.3. The number of nitriles is 1. The number of aryl methyl sites for hydroxylation is 1. The lowest BCUT2D eigenvalue weighted by atomic mass is 9.99. The van der Waals surface area contributed by atoms with Gasteiger partial charge in [-0.25, -0.2) is 22.8 Å². The molecular weight excluding hydrogens is 471 g/mol. The first kappa shape index (κ1) is 22.3. The van der Waals surface area contributed by atoms with E-state index in [1.165, 1.54) is 19.5 Å². The summed E-state index contributed by atoms with van der Waals surface area (Å²) in [6.45, 7) is 0. The molecule has 0 atom stereocenters. The SMILES string of the molecule is COc1cc(F)c(S(=O)(=O)Nc2cccc(-c3cn(C)c4ncnc(N)c34)c2C#N)cc1Cl. The van der Waals surface area contributed by atoms with Crippen LogP contribution in [-0.4, -0.2) is 30.1 Å². The summed E-state index contributed by atoms with van der Waals surface area (Å²) in [7, 11) is -1.40. The number of sulfonamides is 1. The third kappa shape index (κ3) is 3.79. The largest absolute Gasteiger partial charge is 0.495 e. The van der Waals surface area contributed by atoms with E-state index in [4.69, 9.17) is 22.1 Å². The third-order valence-electron chi connectivity index (χ3n) is 4.99. The van der Waals surface area contributed by atoms with Crippen LogP contribution < -0.4 is 15.2 Å². The number of hydrogen-bond acceptors (Lipinski definition) is 7. The summed E-state index contributed by atoms with van der Waals surface area (Å²) < 4.78 is 49.3. The van der Waals surface area contributed by atoms with E-state index in [2.05, 4.69) is 14.7 Å². The second-order valence-electron chi connectivity index (χ2n) is 6.97. The zero-order valence-corrected chi connectivity index (χ0v) is 18.9. The number of aromatic nitrogens is 3. The Labute approximate surface area is 193 Å².